The molecule has 0 bridgehead atoms. The fraction of sp³-hybridized carbons (Fsp3) is 0.515. The number of carbonyl (C=O) groups is 2. The summed E-state index contributed by atoms with van der Waals surface area (Å²) in [5.74, 6) is 0.585. The fourth-order valence-corrected chi connectivity index (χ4v) is 6.04. The lowest BCUT2D eigenvalue weighted by molar-refractivity contribution is -0.124. The second kappa shape index (κ2) is 13.3. The van der Waals surface area contributed by atoms with Crippen LogP contribution in [-0.4, -0.2) is 47.0 Å². The zero-order chi connectivity index (χ0) is 27.9. The average molecular weight is 532 g/mol. The van der Waals surface area contributed by atoms with E-state index in [9.17, 15) is 14.7 Å². The Labute approximate surface area is 233 Å². The number of amides is 1. The normalized spacial score (nSPS) is 18.5. The summed E-state index contributed by atoms with van der Waals surface area (Å²) in [5, 5.41) is 14.3. The van der Waals surface area contributed by atoms with Crippen molar-refractivity contribution in [2.75, 3.05) is 18.1 Å². The van der Waals surface area contributed by atoms with E-state index in [1.54, 1.807) is 0 Å². The second-order valence-corrected chi connectivity index (χ2v) is 11.5. The number of H-pyrrole nitrogens is 1. The van der Waals surface area contributed by atoms with Crippen LogP contribution in [0.5, 0.6) is 0 Å². The highest BCUT2D eigenvalue weighted by Crippen LogP contribution is 2.37. The maximum absolute atomic E-state index is 13.7. The molecule has 4 rings (SSSR count). The van der Waals surface area contributed by atoms with E-state index < -0.39 is 0 Å². The lowest BCUT2D eigenvalue weighted by atomic mass is 9.93. The van der Waals surface area contributed by atoms with Crippen molar-refractivity contribution in [3.05, 3.63) is 65.4 Å². The van der Waals surface area contributed by atoms with Gasteiger partial charge in [-0.15, -0.1) is 0 Å². The van der Waals surface area contributed by atoms with Crippen LogP contribution in [0.25, 0.3) is 10.9 Å². The van der Waals surface area contributed by atoms with E-state index in [1.165, 1.54) is 0 Å². The molecule has 1 aromatic heterocycles. The van der Waals surface area contributed by atoms with E-state index in [-0.39, 0.29) is 36.3 Å². The van der Waals surface area contributed by atoms with E-state index >= 15 is 0 Å². The predicted octanol–water partition coefficient (Wildman–Crippen LogP) is 6.06. The molecule has 0 aliphatic carbocycles. The van der Waals surface area contributed by atoms with Crippen LogP contribution in [0, 0.1) is 11.8 Å². The van der Waals surface area contributed by atoms with Gasteiger partial charge < -0.3 is 20.3 Å². The Hall–Kier alpha value is -3.12. The van der Waals surface area contributed by atoms with E-state index in [0.29, 0.717) is 30.7 Å². The van der Waals surface area contributed by atoms with Crippen molar-refractivity contribution in [3.8, 4) is 0 Å². The first kappa shape index (κ1) is 28.9. The molecule has 0 spiro atoms. The Bertz CT molecular complexity index is 1250. The number of anilines is 1. The van der Waals surface area contributed by atoms with E-state index in [0.717, 1.165) is 59.9 Å². The van der Waals surface area contributed by atoms with Crippen molar-refractivity contribution in [2.45, 2.75) is 84.7 Å². The number of unbranched alkanes of at least 4 members (excludes halogenated alkanes) is 1. The van der Waals surface area contributed by atoms with Crippen molar-refractivity contribution < 1.29 is 14.7 Å². The maximum Gasteiger partial charge on any atom is 0.243 e. The van der Waals surface area contributed by atoms with Crippen LogP contribution < -0.4 is 10.2 Å². The minimum absolute atomic E-state index is 0.0420. The van der Waals surface area contributed by atoms with E-state index in [4.69, 9.17) is 0 Å². The molecule has 39 heavy (non-hydrogen) atoms. The smallest absolute Gasteiger partial charge is 0.243 e. The molecular formula is C33H45N3O3. The first-order valence-electron chi connectivity index (χ1n) is 14.8. The van der Waals surface area contributed by atoms with Gasteiger partial charge in [0.05, 0.1) is 18.2 Å². The molecule has 210 valence electrons. The Morgan fingerprint density at radius 2 is 1.90 bits per heavy atom. The topological polar surface area (TPSA) is 85.4 Å². The molecular weight excluding hydrogens is 486 g/mol. The molecule has 3 aromatic rings. The molecule has 6 nitrogen and oxygen atoms in total. The number of rotatable bonds is 12. The molecule has 2 aromatic carbocycles. The van der Waals surface area contributed by atoms with E-state index in [2.05, 4.69) is 61.1 Å². The number of aliphatic hydroxyl groups excluding tert-OH is 1. The van der Waals surface area contributed by atoms with Gasteiger partial charge in [0.15, 0.2) is 5.78 Å². The van der Waals surface area contributed by atoms with Crippen LogP contribution in [0.2, 0.25) is 0 Å². The maximum atomic E-state index is 13.7. The minimum atomic E-state index is -0.384. The van der Waals surface area contributed by atoms with Crippen LogP contribution in [0.15, 0.2) is 48.7 Å². The molecule has 1 aliphatic heterocycles. The number of benzene rings is 2. The number of nitrogens with zero attached hydrogens (tertiary/aromatic N) is 1. The Morgan fingerprint density at radius 3 is 2.56 bits per heavy atom. The quantitative estimate of drug-likeness (QED) is 0.248. The molecule has 0 saturated heterocycles. The Kier molecular flexibility index (Phi) is 9.84. The monoisotopic (exact) mass is 531 g/mol. The summed E-state index contributed by atoms with van der Waals surface area (Å²) in [6, 6.07) is 13.3. The standard InChI is InChI=1S/C33H45N3O3/c1-5-7-11-23(6-2)20-36-28-16-15-27(29(38)17-14-24-12-9-8-10-13-24)31-30(28)25(19-34-31)18-26(21-37)35-33(39)32(36)22(3)4/h8-10,12-13,15-16,19,22-23,26,32,34,37H,5-7,11,14,17-18,20-21H2,1-4H3,(H,35,39)/t23?,26-,32-/m0/s1. The lowest BCUT2D eigenvalue weighted by Gasteiger charge is -2.38. The van der Waals surface area contributed by atoms with Gasteiger partial charge in [0, 0.05) is 35.8 Å². The highest BCUT2D eigenvalue weighted by atomic mass is 16.3. The SMILES string of the molecule is CCCCC(CC)CN1c2ccc(C(=O)CCc3ccccc3)c3[nH]cc(c23)C[C@@H](CO)NC(=O)[C@@H]1C(C)C. The predicted molar refractivity (Wildman–Crippen MR) is 159 cm³/mol. The van der Waals surface area contributed by atoms with Crippen molar-refractivity contribution in [3.63, 3.8) is 0 Å². The summed E-state index contributed by atoms with van der Waals surface area (Å²) in [6.07, 6.45) is 8.06. The number of Topliss-reactive ketones (excluding diaryl/α,β-unsaturated/α-hetero) is 1. The first-order chi connectivity index (χ1) is 18.9. The van der Waals surface area contributed by atoms with Gasteiger partial charge in [-0.05, 0) is 54.4 Å². The summed E-state index contributed by atoms with van der Waals surface area (Å²) in [6.45, 7) is 9.27. The number of carbonyl (C=O) groups excluding carboxylic acids is 2. The van der Waals surface area contributed by atoms with Gasteiger partial charge in [0.2, 0.25) is 5.91 Å². The molecule has 3 N–H and O–H groups in total. The fourth-order valence-electron chi connectivity index (χ4n) is 6.04. The molecule has 3 atom stereocenters. The number of hydrogen-bond acceptors (Lipinski definition) is 4. The second-order valence-electron chi connectivity index (χ2n) is 11.5. The van der Waals surface area contributed by atoms with Gasteiger partial charge >= 0.3 is 0 Å². The van der Waals surface area contributed by atoms with Crippen molar-refractivity contribution in [1.29, 1.82) is 0 Å². The van der Waals surface area contributed by atoms with E-state index in [1.807, 2.05) is 30.5 Å². The zero-order valence-corrected chi connectivity index (χ0v) is 24.0. The first-order valence-corrected chi connectivity index (χ1v) is 14.8. The minimum Gasteiger partial charge on any atom is -0.394 e. The molecule has 1 aliphatic rings. The number of aromatic amines is 1. The highest BCUT2D eigenvalue weighted by Gasteiger charge is 2.35. The molecule has 1 unspecified atom stereocenters. The molecule has 0 saturated carbocycles. The summed E-state index contributed by atoms with van der Waals surface area (Å²) in [7, 11) is 0. The van der Waals surface area contributed by atoms with Gasteiger partial charge in [-0.25, -0.2) is 0 Å². The third kappa shape index (κ3) is 6.55. The van der Waals surface area contributed by atoms with Gasteiger partial charge in [0.1, 0.15) is 6.04 Å². The Balaban J connectivity index is 1.80. The number of aliphatic hydroxyl groups is 1. The van der Waals surface area contributed by atoms with Crippen LogP contribution in [0.3, 0.4) is 0 Å². The van der Waals surface area contributed by atoms with Crippen molar-refractivity contribution in [1.82, 2.24) is 10.3 Å². The van der Waals surface area contributed by atoms with Gasteiger partial charge in [0.25, 0.3) is 0 Å². The largest absolute Gasteiger partial charge is 0.394 e. The summed E-state index contributed by atoms with van der Waals surface area (Å²) >= 11 is 0. The molecule has 1 amide bonds. The van der Waals surface area contributed by atoms with Gasteiger partial charge in [-0.1, -0.05) is 77.3 Å². The summed E-state index contributed by atoms with van der Waals surface area (Å²) < 4.78 is 0. The molecule has 6 heteroatoms. The number of aromatic nitrogens is 1. The summed E-state index contributed by atoms with van der Waals surface area (Å²) in [5.41, 5.74) is 4.70. The molecule has 2 heterocycles. The highest BCUT2D eigenvalue weighted by molar-refractivity contribution is 6.11. The van der Waals surface area contributed by atoms with Crippen LogP contribution in [-0.2, 0) is 17.6 Å². The van der Waals surface area contributed by atoms with Gasteiger partial charge in [-0.3, -0.25) is 9.59 Å². The number of ketones is 1. The number of hydrogen-bond donors (Lipinski definition) is 3. The van der Waals surface area contributed by atoms with Crippen LogP contribution >= 0.6 is 0 Å². The number of nitrogens with one attached hydrogen (secondary N) is 2. The zero-order valence-electron chi connectivity index (χ0n) is 24.0. The molecule has 0 fully saturated rings. The number of aryl methyl sites for hydroxylation is 1. The van der Waals surface area contributed by atoms with Gasteiger partial charge in [-0.2, -0.15) is 0 Å². The Morgan fingerprint density at radius 1 is 1.13 bits per heavy atom. The average Bonchev–Trinajstić information content (AvgIpc) is 3.37. The summed E-state index contributed by atoms with van der Waals surface area (Å²) in [4.78, 5) is 32.9. The third-order valence-corrected chi connectivity index (χ3v) is 8.26. The molecule has 0 radical (unpaired) electrons. The lowest BCUT2D eigenvalue weighted by Crippen LogP contribution is -2.54. The van der Waals surface area contributed by atoms with Crippen molar-refractivity contribution in [2.24, 2.45) is 11.8 Å². The van der Waals surface area contributed by atoms with Crippen LogP contribution in [0.4, 0.5) is 5.69 Å². The van der Waals surface area contributed by atoms with Crippen LogP contribution in [0.1, 0.15) is 81.3 Å². The van der Waals surface area contributed by atoms with Crippen molar-refractivity contribution >= 4 is 28.3 Å². The third-order valence-electron chi connectivity index (χ3n) is 8.26.